The van der Waals surface area contributed by atoms with Gasteiger partial charge in [-0.3, -0.25) is 14.4 Å². The number of nitrogen functional groups attached to an aromatic ring is 1. The normalized spacial score (nSPS) is 19.9. The number of para-hydroxylation sites is 3. The third-order valence-electron chi connectivity index (χ3n) is 12.4. The molecule has 62 heavy (non-hydrogen) atoms. The van der Waals surface area contributed by atoms with Gasteiger partial charge < -0.3 is 46.1 Å². The number of anilines is 3. The van der Waals surface area contributed by atoms with Crippen molar-refractivity contribution < 1.29 is 29.0 Å². The first-order chi connectivity index (χ1) is 30.3. The molecule has 0 radical (unpaired) electrons. The van der Waals surface area contributed by atoms with Crippen molar-refractivity contribution in [1.82, 2.24) is 15.5 Å². The summed E-state index contributed by atoms with van der Waals surface area (Å²) in [5, 5.41) is 18.6. The number of amides is 3. The van der Waals surface area contributed by atoms with Gasteiger partial charge in [-0.25, -0.2) is 0 Å². The fourth-order valence-corrected chi connectivity index (χ4v) is 8.84. The van der Waals surface area contributed by atoms with Crippen LogP contribution in [0.4, 0.5) is 17.1 Å². The van der Waals surface area contributed by atoms with Crippen molar-refractivity contribution in [3.8, 4) is 11.1 Å². The predicted octanol–water partition coefficient (Wildman–Crippen LogP) is 7.22. The molecule has 6 N–H and O–H groups in total. The number of hydrogen-bond acceptors (Lipinski definition) is 9. The van der Waals surface area contributed by atoms with Crippen LogP contribution >= 0.6 is 0 Å². The van der Waals surface area contributed by atoms with E-state index in [1.807, 2.05) is 66.7 Å². The molecular weight excluding hydrogens is 781 g/mol. The van der Waals surface area contributed by atoms with Gasteiger partial charge in [-0.15, -0.1) is 0 Å². The minimum atomic E-state index is -0.589. The van der Waals surface area contributed by atoms with Crippen LogP contribution in [0.3, 0.4) is 0 Å². The second-order valence-electron chi connectivity index (χ2n) is 16.6. The maximum Gasteiger partial charge on any atom is 0.247 e. The molecular formula is C50H56N6O6. The zero-order chi connectivity index (χ0) is 42.9. The monoisotopic (exact) mass is 836 g/mol. The second kappa shape index (κ2) is 19.8. The van der Waals surface area contributed by atoms with Crippen LogP contribution in [0.2, 0.25) is 0 Å². The Balaban J connectivity index is 0.866. The van der Waals surface area contributed by atoms with Crippen LogP contribution in [0, 0.1) is 0 Å². The van der Waals surface area contributed by atoms with Gasteiger partial charge in [-0.2, -0.15) is 0 Å². The van der Waals surface area contributed by atoms with E-state index in [2.05, 4.69) is 74.3 Å². The molecule has 322 valence electrons. The van der Waals surface area contributed by atoms with Crippen LogP contribution in [-0.4, -0.2) is 65.7 Å². The van der Waals surface area contributed by atoms with E-state index in [1.54, 1.807) is 12.1 Å². The average molecular weight is 837 g/mol. The lowest BCUT2D eigenvalue weighted by atomic mass is 9.85. The highest BCUT2D eigenvalue weighted by Gasteiger charge is 2.50. The minimum absolute atomic E-state index is 0.0181. The Kier molecular flexibility index (Phi) is 13.6. The highest BCUT2D eigenvalue weighted by atomic mass is 16.7. The summed E-state index contributed by atoms with van der Waals surface area (Å²) in [7, 11) is 0. The van der Waals surface area contributed by atoms with Gasteiger partial charge in [0.1, 0.15) is 5.54 Å². The number of rotatable bonds is 15. The molecule has 3 aliphatic rings. The standard InChI is InChI=1S/C50H56N6O6/c51-43-13-4-5-14-44(43)54-47(59)16-7-6-15-46(58)52-31-36-9-8-10-40(29-36)37-21-23-39(24-22-37)48-61-42(30-45(62-48)38-19-17-35(33-57)18-20-38)32-55-27-25-50(26-28-55)49(60)53-34-56(50)41-11-2-1-3-12-41/h1-5,8-14,17-24,29,42,45,48,57H,6-7,15-16,25-28,30-34,51H2,(H,52,58)(H,53,60)(H,54,59)/t42-,45+,48+/m0/s1. The molecule has 0 bridgehead atoms. The summed E-state index contributed by atoms with van der Waals surface area (Å²) in [6, 6.07) is 41.7. The summed E-state index contributed by atoms with van der Waals surface area (Å²) in [6.07, 6.45) is 3.10. The lowest BCUT2D eigenvalue weighted by Crippen LogP contribution is -2.57. The van der Waals surface area contributed by atoms with Crippen LogP contribution in [0.1, 0.15) is 79.6 Å². The summed E-state index contributed by atoms with van der Waals surface area (Å²) in [5.41, 5.74) is 13.4. The van der Waals surface area contributed by atoms with E-state index in [4.69, 9.17) is 15.2 Å². The predicted molar refractivity (Wildman–Crippen MR) is 240 cm³/mol. The van der Waals surface area contributed by atoms with Gasteiger partial charge in [-0.05, 0) is 83.8 Å². The molecule has 5 aromatic rings. The summed E-state index contributed by atoms with van der Waals surface area (Å²) < 4.78 is 13.4. The van der Waals surface area contributed by atoms with Crippen LogP contribution in [0.5, 0.6) is 0 Å². The molecule has 0 aliphatic carbocycles. The number of likely N-dealkylation sites (tertiary alicyclic amines) is 1. The van der Waals surface area contributed by atoms with Gasteiger partial charge in [0.05, 0.1) is 36.9 Å². The Morgan fingerprint density at radius 1 is 0.774 bits per heavy atom. The van der Waals surface area contributed by atoms with E-state index in [1.165, 1.54) is 0 Å². The zero-order valence-electron chi connectivity index (χ0n) is 35.0. The number of ether oxygens (including phenoxy) is 2. The summed E-state index contributed by atoms with van der Waals surface area (Å²) in [4.78, 5) is 42.9. The molecule has 3 aliphatic heterocycles. The number of carbonyl (C=O) groups excluding carboxylic acids is 3. The van der Waals surface area contributed by atoms with Crippen molar-refractivity contribution in [3.63, 3.8) is 0 Å². The topological polar surface area (TPSA) is 158 Å². The first kappa shape index (κ1) is 42.6. The molecule has 3 fully saturated rings. The molecule has 0 unspecified atom stereocenters. The number of nitrogens with zero attached hydrogens (tertiary/aromatic N) is 2. The Hall–Kier alpha value is -6.05. The Labute approximate surface area is 363 Å². The first-order valence-corrected chi connectivity index (χ1v) is 21.7. The summed E-state index contributed by atoms with van der Waals surface area (Å²) >= 11 is 0. The van der Waals surface area contributed by atoms with Crippen molar-refractivity contribution in [2.24, 2.45) is 0 Å². The third-order valence-corrected chi connectivity index (χ3v) is 12.4. The fourth-order valence-electron chi connectivity index (χ4n) is 8.84. The number of piperidine rings is 1. The minimum Gasteiger partial charge on any atom is -0.397 e. The Morgan fingerprint density at radius 2 is 1.48 bits per heavy atom. The molecule has 3 saturated heterocycles. The number of aliphatic hydroxyl groups is 1. The fraction of sp³-hybridized carbons (Fsp3) is 0.340. The van der Waals surface area contributed by atoms with Crippen molar-refractivity contribution in [3.05, 3.63) is 150 Å². The quantitative estimate of drug-likeness (QED) is 0.0543. The Morgan fingerprint density at radius 3 is 2.23 bits per heavy atom. The van der Waals surface area contributed by atoms with E-state index < -0.39 is 11.8 Å². The highest BCUT2D eigenvalue weighted by Crippen LogP contribution is 2.40. The molecule has 8 rings (SSSR count). The van der Waals surface area contributed by atoms with Crippen molar-refractivity contribution in [2.75, 3.05) is 42.3 Å². The van der Waals surface area contributed by atoms with Gasteiger partial charge >= 0.3 is 0 Å². The van der Waals surface area contributed by atoms with Crippen LogP contribution in [0.25, 0.3) is 11.1 Å². The number of nitrogens with one attached hydrogen (secondary N) is 3. The van der Waals surface area contributed by atoms with Crippen molar-refractivity contribution >= 4 is 34.8 Å². The molecule has 3 atom stereocenters. The van der Waals surface area contributed by atoms with E-state index in [0.717, 1.165) is 71.5 Å². The van der Waals surface area contributed by atoms with Gasteiger partial charge in [0.25, 0.3) is 0 Å². The number of carbonyl (C=O) groups is 3. The number of aliphatic hydroxyl groups excluding tert-OH is 1. The van der Waals surface area contributed by atoms with Crippen molar-refractivity contribution in [1.29, 1.82) is 0 Å². The maximum absolute atomic E-state index is 13.3. The highest BCUT2D eigenvalue weighted by molar-refractivity contribution is 5.94. The van der Waals surface area contributed by atoms with E-state index in [9.17, 15) is 19.5 Å². The largest absolute Gasteiger partial charge is 0.397 e. The van der Waals surface area contributed by atoms with Gasteiger partial charge in [-0.1, -0.05) is 97.1 Å². The van der Waals surface area contributed by atoms with Gasteiger partial charge in [0.2, 0.25) is 17.7 Å². The zero-order valence-corrected chi connectivity index (χ0v) is 35.0. The SMILES string of the molecule is Nc1ccccc1NC(=O)CCCCC(=O)NCc1cccc(-c2ccc([C@@H]3O[C@H](CN4CCC5(CC4)C(=O)NCN5c4ccccc4)C[C@H](c4ccc(CO)cc4)O3)cc2)c1. The van der Waals surface area contributed by atoms with Crippen LogP contribution in [0.15, 0.2) is 127 Å². The number of benzene rings is 5. The van der Waals surface area contributed by atoms with Gasteiger partial charge in [0.15, 0.2) is 6.29 Å². The van der Waals surface area contributed by atoms with Crippen LogP contribution in [-0.2, 0) is 37.0 Å². The van der Waals surface area contributed by atoms with E-state index in [0.29, 0.717) is 56.7 Å². The lowest BCUT2D eigenvalue weighted by molar-refractivity contribution is -0.253. The number of hydrogen-bond donors (Lipinski definition) is 5. The van der Waals surface area contributed by atoms with Gasteiger partial charge in [0, 0.05) is 56.7 Å². The summed E-state index contributed by atoms with van der Waals surface area (Å²) in [5.74, 6) is -0.0687. The summed E-state index contributed by atoms with van der Waals surface area (Å²) in [6.45, 7) is 3.18. The average Bonchev–Trinajstić information content (AvgIpc) is 3.63. The molecule has 0 saturated carbocycles. The van der Waals surface area contributed by atoms with E-state index >= 15 is 0 Å². The molecule has 3 amide bonds. The third kappa shape index (κ3) is 10.2. The molecule has 1 spiro atoms. The van der Waals surface area contributed by atoms with E-state index in [-0.39, 0.29) is 36.5 Å². The molecule has 5 aromatic carbocycles. The van der Waals surface area contributed by atoms with Crippen molar-refractivity contribution in [2.45, 2.75) is 82.1 Å². The molecule has 0 aromatic heterocycles. The number of unbranched alkanes of at least 4 members (excludes halogenated alkanes) is 1. The molecule has 12 nitrogen and oxygen atoms in total. The maximum atomic E-state index is 13.3. The first-order valence-electron chi connectivity index (χ1n) is 21.7. The second-order valence-corrected chi connectivity index (χ2v) is 16.6. The molecule has 3 heterocycles. The van der Waals surface area contributed by atoms with Crippen LogP contribution < -0.4 is 26.6 Å². The lowest BCUT2D eigenvalue weighted by Gasteiger charge is -2.45. The molecule has 12 heteroatoms. The number of nitrogens with two attached hydrogens (primary N) is 1. The smallest absolute Gasteiger partial charge is 0.247 e. The Bertz CT molecular complexity index is 2300.